The molecule has 1 heterocycles. The summed E-state index contributed by atoms with van der Waals surface area (Å²) >= 11 is 1.60. The number of rotatable bonds is 5. The molecule has 0 aliphatic carbocycles. The van der Waals surface area contributed by atoms with Crippen molar-refractivity contribution in [1.82, 2.24) is 4.98 Å². The summed E-state index contributed by atoms with van der Waals surface area (Å²) in [6, 6.07) is 5.75. The zero-order valence-corrected chi connectivity index (χ0v) is 8.83. The summed E-state index contributed by atoms with van der Waals surface area (Å²) in [7, 11) is 0. The number of pyridine rings is 1. The van der Waals surface area contributed by atoms with E-state index in [2.05, 4.69) is 4.98 Å². The van der Waals surface area contributed by atoms with Crippen LogP contribution in [0.25, 0.3) is 0 Å². The first-order valence-electron chi connectivity index (χ1n) is 4.40. The van der Waals surface area contributed by atoms with E-state index in [1.807, 2.05) is 18.2 Å². The Labute approximate surface area is 87.6 Å². The van der Waals surface area contributed by atoms with Crippen LogP contribution in [0.2, 0.25) is 0 Å². The average molecular weight is 211 g/mol. The van der Waals surface area contributed by atoms with E-state index >= 15 is 0 Å². The minimum atomic E-state index is -0.737. The first kappa shape index (κ1) is 11.0. The first-order valence-corrected chi connectivity index (χ1v) is 5.56. The molecule has 1 rings (SSSR count). The number of hydrogen-bond donors (Lipinski definition) is 1. The van der Waals surface area contributed by atoms with Crippen molar-refractivity contribution in [2.24, 2.45) is 5.92 Å². The quantitative estimate of drug-likeness (QED) is 0.809. The van der Waals surface area contributed by atoms with Crippen LogP contribution in [0.3, 0.4) is 0 Å². The molecular formula is C10H13NO2S. The molecule has 0 aromatic carbocycles. The van der Waals surface area contributed by atoms with Gasteiger partial charge in [0.2, 0.25) is 0 Å². The molecule has 3 nitrogen and oxygen atoms in total. The van der Waals surface area contributed by atoms with E-state index in [-0.39, 0.29) is 5.92 Å². The molecule has 0 spiro atoms. The van der Waals surface area contributed by atoms with Gasteiger partial charge in [-0.3, -0.25) is 9.78 Å². The molecule has 4 heteroatoms. The average Bonchev–Trinajstić information content (AvgIpc) is 2.19. The lowest BCUT2D eigenvalue weighted by Gasteiger charge is -2.04. The molecule has 1 atom stereocenters. The van der Waals surface area contributed by atoms with Crippen molar-refractivity contribution in [1.29, 1.82) is 0 Å². The maximum atomic E-state index is 10.5. The van der Waals surface area contributed by atoms with Crippen molar-refractivity contribution in [3.63, 3.8) is 0 Å². The molecule has 0 fully saturated rings. The highest BCUT2D eigenvalue weighted by Gasteiger charge is 2.10. The Morgan fingerprint density at radius 1 is 1.64 bits per heavy atom. The van der Waals surface area contributed by atoms with Crippen LogP contribution in [0.1, 0.15) is 12.6 Å². The summed E-state index contributed by atoms with van der Waals surface area (Å²) in [4.78, 5) is 14.7. The van der Waals surface area contributed by atoms with Crippen LogP contribution in [0, 0.1) is 5.92 Å². The van der Waals surface area contributed by atoms with Gasteiger partial charge in [-0.15, -0.1) is 0 Å². The van der Waals surface area contributed by atoms with E-state index in [1.165, 1.54) is 0 Å². The fraction of sp³-hybridized carbons (Fsp3) is 0.400. The molecule has 0 bridgehead atoms. The minimum absolute atomic E-state index is 0.288. The number of nitrogens with zero attached hydrogens (tertiary/aromatic N) is 1. The molecule has 1 N–H and O–H groups in total. The van der Waals surface area contributed by atoms with Crippen molar-refractivity contribution in [2.75, 3.05) is 5.75 Å². The van der Waals surface area contributed by atoms with Crippen molar-refractivity contribution in [3.8, 4) is 0 Å². The second-order valence-corrected chi connectivity index (χ2v) is 4.11. The Bertz CT molecular complexity index is 289. The Kier molecular flexibility index (Phi) is 4.46. The van der Waals surface area contributed by atoms with Gasteiger partial charge in [0.05, 0.1) is 11.6 Å². The fourth-order valence-corrected chi connectivity index (χ4v) is 1.89. The van der Waals surface area contributed by atoms with Crippen LogP contribution in [0.5, 0.6) is 0 Å². The van der Waals surface area contributed by atoms with Crippen LogP contribution in [-0.4, -0.2) is 21.8 Å². The molecule has 14 heavy (non-hydrogen) atoms. The molecule has 0 radical (unpaired) electrons. The van der Waals surface area contributed by atoms with Gasteiger partial charge in [-0.1, -0.05) is 13.0 Å². The van der Waals surface area contributed by atoms with E-state index in [4.69, 9.17) is 5.11 Å². The highest BCUT2D eigenvalue weighted by atomic mass is 32.2. The predicted octanol–water partition coefficient (Wildman–Crippen LogP) is 2.04. The zero-order valence-electron chi connectivity index (χ0n) is 8.01. The maximum absolute atomic E-state index is 10.5. The lowest BCUT2D eigenvalue weighted by molar-refractivity contribution is -0.140. The van der Waals surface area contributed by atoms with Crippen molar-refractivity contribution >= 4 is 17.7 Å². The van der Waals surface area contributed by atoms with Crippen molar-refractivity contribution < 1.29 is 9.90 Å². The maximum Gasteiger partial charge on any atom is 0.307 e. The SMILES string of the molecule is CC(CSCc1ccccn1)C(=O)O. The Hall–Kier alpha value is -1.03. The number of hydrogen-bond acceptors (Lipinski definition) is 3. The second-order valence-electron chi connectivity index (χ2n) is 3.08. The third-order valence-electron chi connectivity index (χ3n) is 1.77. The van der Waals surface area contributed by atoms with Crippen LogP contribution in [-0.2, 0) is 10.5 Å². The number of carboxylic acids is 1. The van der Waals surface area contributed by atoms with E-state index in [9.17, 15) is 4.79 Å². The van der Waals surface area contributed by atoms with Crippen molar-refractivity contribution in [3.05, 3.63) is 30.1 Å². The Morgan fingerprint density at radius 3 is 3.00 bits per heavy atom. The van der Waals surface area contributed by atoms with Gasteiger partial charge in [0.15, 0.2) is 0 Å². The predicted molar refractivity (Wildman–Crippen MR) is 57.2 cm³/mol. The molecule has 1 unspecified atom stereocenters. The largest absolute Gasteiger partial charge is 0.481 e. The van der Waals surface area contributed by atoms with Gasteiger partial charge in [-0.2, -0.15) is 11.8 Å². The van der Waals surface area contributed by atoms with E-state index in [1.54, 1.807) is 24.9 Å². The third kappa shape index (κ3) is 3.79. The molecule has 1 aromatic heterocycles. The molecule has 0 saturated heterocycles. The zero-order chi connectivity index (χ0) is 10.4. The Morgan fingerprint density at radius 2 is 2.43 bits per heavy atom. The highest BCUT2D eigenvalue weighted by Crippen LogP contribution is 2.13. The van der Waals surface area contributed by atoms with Crippen LogP contribution in [0.15, 0.2) is 24.4 Å². The smallest absolute Gasteiger partial charge is 0.307 e. The lowest BCUT2D eigenvalue weighted by Crippen LogP contribution is -2.11. The monoisotopic (exact) mass is 211 g/mol. The summed E-state index contributed by atoms with van der Waals surface area (Å²) in [5, 5.41) is 8.65. The van der Waals surface area contributed by atoms with Crippen molar-refractivity contribution in [2.45, 2.75) is 12.7 Å². The van der Waals surface area contributed by atoms with Crippen LogP contribution >= 0.6 is 11.8 Å². The first-order chi connectivity index (χ1) is 6.70. The number of carboxylic acid groups (broad SMARTS) is 1. The molecular weight excluding hydrogens is 198 g/mol. The van der Waals surface area contributed by atoms with Gasteiger partial charge in [-0.25, -0.2) is 0 Å². The minimum Gasteiger partial charge on any atom is -0.481 e. The summed E-state index contributed by atoms with van der Waals surface area (Å²) in [5.74, 6) is 0.381. The van der Waals surface area contributed by atoms with E-state index in [0.29, 0.717) is 5.75 Å². The Balaban J connectivity index is 2.26. The van der Waals surface area contributed by atoms with E-state index < -0.39 is 5.97 Å². The molecule has 76 valence electrons. The summed E-state index contributed by atoms with van der Waals surface area (Å²) < 4.78 is 0. The van der Waals surface area contributed by atoms with E-state index in [0.717, 1.165) is 11.4 Å². The van der Waals surface area contributed by atoms with Gasteiger partial charge in [0.25, 0.3) is 0 Å². The summed E-state index contributed by atoms with van der Waals surface area (Å²) in [6.07, 6.45) is 1.75. The number of aliphatic carboxylic acids is 1. The molecule has 0 amide bonds. The van der Waals surface area contributed by atoms with Gasteiger partial charge >= 0.3 is 5.97 Å². The van der Waals surface area contributed by atoms with Crippen LogP contribution in [0.4, 0.5) is 0 Å². The number of aromatic nitrogens is 1. The standard InChI is InChI=1S/C10H13NO2S/c1-8(10(12)13)6-14-7-9-4-2-3-5-11-9/h2-5,8H,6-7H2,1H3,(H,12,13). The molecule has 0 saturated carbocycles. The van der Waals surface area contributed by atoms with Gasteiger partial charge in [0, 0.05) is 17.7 Å². The molecule has 1 aromatic rings. The topological polar surface area (TPSA) is 50.2 Å². The molecule has 0 aliphatic heterocycles. The number of thioether (sulfide) groups is 1. The normalized spacial score (nSPS) is 12.4. The van der Waals surface area contributed by atoms with Gasteiger partial charge in [-0.05, 0) is 12.1 Å². The van der Waals surface area contributed by atoms with Crippen LogP contribution < -0.4 is 0 Å². The second kappa shape index (κ2) is 5.65. The summed E-state index contributed by atoms with van der Waals surface area (Å²) in [6.45, 7) is 1.72. The summed E-state index contributed by atoms with van der Waals surface area (Å²) in [5.41, 5.74) is 0.995. The highest BCUT2D eigenvalue weighted by molar-refractivity contribution is 7.98. The van der Waals surface area contributed by atoms with Gasteiger partial charge in [0.1, 0.15) is 0 Å². The molecule has 0 aliphatic rings. The third-order valence-corrected chi connectivity index (χ3v) is 3.00. The lowest BCUT2D eigenvalue weighted by atomic mass is 10.2. The van der Waals surface area contributed by atoms with Gasteiger partial charge < -0.3 is 5.11 Å². The fourth-order valence-electron chi connectivity index (χ4n) is 0.895. The number of carbonyl (C=O) groups is 1.